The molecule has 2 heterocycles. The highest BCUT2D eigenvalue weighted by Crippen LogP contribution is 2.09. The van der Waals surface area contributed by atoms with Crippen LogP contribution < -0.4 is 11.1 Å². The first-order valence-electron chi connectivity index (χ1n) is 5.65. The molecule has 3 N–H and O–H groups in total. The molecule has 0 aliphatic carbocycles. The van der Waals surface area contributed by atoms with Crippen LogP contribution in [0.1, 0.15) is 12.5 Å². The highest BCUT2D eigenvalue weighted by Gasteiger charge is 2.09. The lowest BCUT2D eigenvalue weighted by molar-refractivity contribution is -0.122. The number of hydrogen-bond acceptors (Lipinski definition) is 4. The molecular formula is C12H15N5O. The summed E-state index contributed by atoms with van der Waals surface area (Å²) >= 11 is 0. The maximum atomic E-state index is 11.4. The van der Waals surface area contributed by atoms with E-state index < -0.39 is 6.04 Å². The first-order chi connectivity index (χ1) is 8.68. The minimum Gasteiger partial charge on any atom is -0.351 e. The molecule has 0 aromatic carbocycles. The molecule has 2 rings (SSSR count). The van der Waals surface area contributed by atoms with E-state index in [1.165, 1.54) is 0 Å². The highest BCUT2D eigenvalue weighted by atomic mass is 16.2. The third-order valence-electron chi connectivity index (χ3n) is 2.46. The lowest BCUT2D eigenvalue weighted by Gasteiger charge is -2.10. The van der Waals surface area contributed by atoms with Gasteiger partial charge in [0.05, 0.1) is 6.04 Å². The van der Waals surface area contributed by atoms with Crippen molar-refractivity contribution >= 4 is 5.91 Å². The van der Waals surface area contributed by atoms with Gasteiger partial charge < -0.3 is 11.1 Å². The number of pyridine rings is 1. The summed E-state index contributed by atoms with van der Waals surface area (Å²) in [6.45, 7) is 2.02. The second kappa shape index (κ2) is 5.42. The molecule has 2 aromatic heterocycles. The average Bonchev–Trinajstić information content (AvgIpc) is 2.89. The molecule has 0 aliphatic heterocycles. The van der Waals surface area contributed by atoms with E-state index in [1.54, 1.807) is 30.2 Å². The Morgan fingerprint density at radius 2 is 2.33 bits per heavy atom. The number of nitrogens with two attached hydrogens (primary N) is 1. The molecule has 1 atom stereocenters. The number of aromatic nitrogens is 3. The molecular weight excluding hydrogens is 230 g/mol. The topological polar surface area (TPSA) is 85.8 Å². The summed E-state index contributed by atoms with van der Waals surface area (Å²) in [5.41, 5.74) is 6.37. The molecule has 0 radical (unpaired) electrons. The monoisotopic (exact) mass is 245 g/mol. The van der Waals surface area contributed by atoms with Crippen LogP contribution in [-0.4, -0.2) is 26.7 Å². The quantitative estimate of drug-likeness (QED) is 0.807. The Morgan fingerprint density at radius 1 is 1.50 bits per heavy atom. The zero-order valence-electron chi connectivity index (χ0n) is 10.1. The Balaban J connectivity index is 2.16. The summed E-state index contributed by atoms with van der Waals surface area (Å²) in [5, 5.41) is 6.88. The van der Waals surface area contributed by atoms with E-state index in [2.05, 4.69) is 15.4 Å². The molecule has 0 bridgehead atoms. The molecule has 1 amide bonds. The molecule has 94 valence electrons. The van der Waals surface area contributed by atoms with E-state index in [0.717, 1.165) is 5.56 Å². The molecule has 2 aromatic rings. The van der Waals surface area contributed by atoms with Gasteiger partial charge in [0, 0.05) is 30.7 Å². The Labute approximate surface area is 105 Å². The molecule has 6 nitrogen and oxygen atoms in total. The molecule has 0 fully saturated rings. The summed E-state index contributed by atoms with van der Waals surface area (Å²) < 4.78 is 1.66. The van der Waals surface area contributed by atoms with E-state index in [4.69, 9.17) is 5.73 Å². The van der Waals surface area contributed by atoms with Crippen molar-refractivity contribution in [3.05, 3.63) is 42.4 Å². The Morgan fingerprint density at radius 3 is 3.00 bits per heavy atom. The van der Waals surface area contributed by atoms with Gasteiger partial charge in [-0.15, -0.1) is 0 Å². The van der Waals surface area contributed by atoms with Crippen LogP contribution in [0.4, 0.5) is 0 Å². The standard InChI is InChI=1S/C12H15N5O/c1-9(13)12(18)15-8-10-4-2-5-14-11(10)17-7-3-6-16-17/h2-7,9H,8,13H2,1H3,(H,15,18)/t9-/m1/s1. The van der Waals surface area contributed by atoms with Gasteiger partial charge in [0.15, 0.2) is 5.82 Å². The van der Waals surface area contributed by atoms with Gasteiger partial charge in [0.1, 0.15) is 0 Å². The predicted molar refractivity (Wildman–Crippen MR) is 66.9 cm³/mol. The smallest absolute Gasteiger partial charge is 0.236 e. The van der Waals surface area contributed by atoms with Crippen molar-refractivity contribution in [1.82, 2.24) is 20.1 Å². The molecule has 0 aliphatic rings. The van der Waals surface area contributed by atoms with Crippen molar-refractivity contribution in [2.24, 2.45) is 5.73 Å². The highest BCUT2D eigenvalue weighted by molar-refractivity contribution is 5.80. The number of carbonyl (C=O) groups is 1. The molecule has 0 saturated carbocycles. The van der Waals surface area contributed by atoms with Crippen LogP contribution >= 0.6 is 0 Å². The number of hydrogen-bond donors (Lipinski definition) is 2. The van der Waals surface area contributed by atoms with E-state index in [0.29, 0.717) is 12.4 Å². The van der Waals surface area contributed by atoms with Gasteiger partial charge >= 0.3 is 0 Å². The zero-order chi connectivity index (χ0) is 13.0. The number of amides is 1. The fourth-order valence-electron chi connectivity index (χ4n) is 1.51. The first-order valence-corrected chi connectivity index (χ1v) is 5.65. The van der Waals surface area contributed by atoms with Crippen LogP contribution in [-0.2, 0) is 11.3 Å². The predicted octanol–water partition coefficient (Wildman–Crippen LogP) is 0.231. The maximum Gasteiger partial charge on any atom is 0.236 e. The van der Waals surface area contributed by atoms with Crippen molar-refractivity contribution in [3.63, 3.8) is 0 Å². The van der Waals surface area contributed by atoms with Crippen molar-refractivity contribution in [1.29, 1.82) is 0 Å². The molecule has 0 spiro atoms. The van der Waals surface area contributed by atoms with E-state index >= 15 is 0 Å². The zero-order valence-corrected chi connectivity index (χ0v) is 10.1. The maximum absolute atomic E-state index is 11.4. The minimum absolute atomic E-state index is 0.190. The summed E-state index contributed by atoms with van der Waals surface area (Å²) in [7, 11) is 0. The molecule has 0 saturated heterocycles. The van der Waals surface area contributed by atoms with Gasteiger partial charge in [-0.1, -0.05) is 6.07 Å². The number of nitrogens with zero attached hydrogens (tertiary/aromatic N) is 3. The SMILES string of the molecule is C[C@@H](N)C(=O)NCc1cccnc1-n1cccn1. The van der Waals surface area contributed by atoms with Gasteiger partial charge in [-0.2, -0.15) is 5.10 Å². The Hall–Kier alpha value is -2.21. The second-order valence-corrected chi connectivity index (χ2v) is 3.94. The molecule has 6 heteroatoms. The third kappa shape index (κ3) is 2.72. The summed E-state index contributed by atoms with van der Waals surface area (Å²) in [5.74, 6) is 0.512. The number of carbonyl (C=O) groups excluding carboxylic acids is 1. The second-order valence-electron chi connectivity index (χ2n) is 3.94. The van der Waals surface area contributed by atoms with E-state index in [1.807, 2.05) is 18.2 Å². The lowest BCUT2D eigenvalue weighted by Crippen LogP contribution is -2.38. The van der Waals surface area contributed by atoms with Gasteiger partial charge in [-0.25, -0.2) is 9.67 Å². The van der Waals surface area contributed by atoms with Crippen molar-refractivity contribution in [3.8, 4) is 5.82 Å². The van der Waals surface area contributed by atoms with Crippen LogP contribution in [0.5, 0.6) is 0 Å². The van der Waals surface area contributed by atoms with Gasteiger partial charge in [0.2, 0.25) is 5.91 Å². The normalized spacial score (nSPS) is 12.1. The van der Waals surface area contributed by atoms with Gasteiger partial charge in [-0.3, -0.25) is 4.79 Å². The Kier molecular flexibility index (Phi) is 3.69. The van der Waals surface area contributed by atoms with Crippen LogP contribution in [0.25, 0.3) is 5.82 Å². The van der Waals surface area contributed by atoms with E-state index in [9.17, 15) is 4.79 Å². The van der Waals surface area contributed by atoms with Gasteiger partial charge in [-0.05, 0) is 19.1 Å². The lowest BCUT2D eigenvalue weighted by atomic mass is 10.2. The summed E-state index contributed by atoms with van der Waals surface area (Å²) in [6, 6.07) is 5.01. The number of rotatable bonds is 4. The molecule has 18 heavy (non-hydrogen) atoms. The van der Waals surface area contributed by atoms with Crippen molar-refractivity contribution in [2.45, 2.75) is 19.5 Å². The number of nitrogens with one attached hydrogen (secondary N) is 1. The fourth-order valence-corrected chi connectivity index (χ4v) is 1.51. The van der Waals surface area contributed by atoms with Crippen molar-refractivity contribution < 1.29 is 4.79 Å². The Bertz CT molecular complexity index is 521. The molecule has 0 unspecified atom stereocenters. The average molecular weight is 245 g/mol. The summed E-state index contributed by atoms with van der Waals surface area (Å²) in [6.07, 6.45) is 5.17. The first kappa shape index (κ1) is 12.3. The van der Waals surface area contributed by atoms with Gasteiger partial charge in [0.25, 0.3) is 0 Å². The van der Waals surface area contributed by atoms with Crippen LogP contribution in [0.3, 0.4) is 0 Å². The van der Waals surface area contributed by atoms with Crippen molar-refractivity contribution in [2.75, 3.05) is 0 Å². The van der Waals surface area contributed by atoms with Crippen LogP contribution in [0.2, 0.25) is 0 Å². The largest absolute Gasteiger partial charge is 0.351 e. The van der Waals surface area contributed by atoms with Crippen LogP contribution in [0, 0.1) is 0 Å². The van der Waals surface area contributed by atoms with Crippen LogP contribution in [0.15, 0.2) is 36.8 Å². The summed E-state index contributed by atoms with van der Waals surface area (Å²) in [4.78, 5) is 15.7. The fraction of sp³-hybridized carbons (Fsp3) is 0.250. The minimum atomic E-state index is -0.519. The third-order valence-corrected chi connectivity index (χ3v) is 2.46. The van der Waals surface area contributed by atoms with E-state index in [-0.39, 0.29) is 5.91 Å².